The van der Waals surface area contributed by atoms with Crippen molar-refractivity contribution >= 4 is 27.5 Å². The van der Waals surface area contributed by atoms with E-state index in [0.717, 1.165) is 22.3 Å². The maximum atomic E-state index is 8.83. The molecule has 0 spiro atoms. The summed E-state index contributed by atoms with van der Waals surface area (Å²) >= 11 is 9.51. The maximum absolute atomic E-state index is 8.83. The highest BCUT2D eigenvalue weighted by molar-refractivity contribution is 9.10. The minimum absolute atomic E-state index is 0.381. The topological polar surface area (TPSA) is 50.8 Å². The Morgan fingerprint density at radius 3 is 2.80 bits per heavy atom. The average Bonchev–Trinajstić information content (AvgIpc) is 2.71. The van der Waals surface area contributed by atoms with Crippen molar-refractivity contribution in [2.45, 2.75) is 20.0 Å². The second-order valence-corrected chi connectivity index (χ2v) is 5.43. The summed E-state index contributed by atoms with van der Waals surface area (Å²) < 4.78 is 8.48. The lowest BCUT2D eigenvalue weighted by atomic mass is 10.2. The number of rotatable bonds is 4. The van der Waals surface area contributed by atoms with Gasteiger partial charge >= 0.3 is 0 Å². The summed E-state index contributed by atoms with van der Waals surface area (Å²) in [6, 6.07) is 7.04. The van der Waals surface area contributed by atoms with Gasteiger partial charge in [-0.2, -0.15) is 10.4 Å². The van der Waals surface area contributed by atoms with Crippen LogP contribution in [0, 0.1) is 11.3 Å². The summed E-state index contributed by atoms with van der Waals surface area (Å²) in [4.78, 5) is 0. The molecule has 1 heterocycles. The molecule has 20 heavy (non-hydrogen) atoms. The molecule has 0 aliphatic carbocycles. The first-order valence-corrected chi connectivity index (χ1v) is 7.26. The predicted molar refractivity (Wildman–Crippen MR) is 80.8 cm³/mol. The van der Waals surface area contributed by atoms with Crippen LogP contribution in [0.3, 0.4) is 0 Å². The largest absolute Gasteiger partial charge is 0.487 e. The maximum Gasteiger partial charge on any atom is 0.131 e. The van der Waals surface area contributed by atoms with Gasteiger partial charge < -0.3 is 4.74 Å². The zero-order valence-corrected chi connectivity index (χ0v) is 13.5. The molecule has 0 bridgehead atoms. The van der Waals surface area contributed by atoms with Crippen LogP contribution in [0.1, 0.15) is 23.9 Å². The minimum Gasteiger partial charge on any atom is -0.487 e. The quantitative estimate of drug-likeness (QED) is 0.838. The molecule has 4 nitrogen and oxygen atoms in total. The summed E-state index contributed by atoms with van der Waals surface area (Å²) in [5.74, 6) is 0.625. The summed E-state index contributed by atoms with van der Waals surface area (Å²) in [6.07, 6.45) is 0.858. The Balaban J connectivity index is 2.15. The van der Waals surface area contributed by atoms with Gasteiger partial charge in [-0.05, 0) is 34.5 Å². The number of ether oxygens (including phenoxy) is 1. The molecular weight excluding hydrogens is 342 g/mol. The Labute approximate surface area is 131 Å². The van der Waals surface area contributed by atoms with E-state index in [-0.39, 0.29) is 0 Å². The van der Waals surface area contributed by atoms with Gasteiger partial charge in [0.25, 0.3) is 0 Å². The Kier molecular flexibility index (Phi) is 4.69. The van der Waals surface area contributed by atoms with Gasteiger partial charge in [-0.1, -0.05) is 18.5 Å². The van der Waals surface area contributed by atoms with Crippen molar-refractivity contribution in [3.8, 4) is 11.8 Å². The SMILES string of the molecule is CCc1nn(C)c(COc2ccc(C#N)c(Cl)c2)c1Br. The Morgan fingerprint density at radius 2 is 2.25 bits per heavy atom. The Hall–Kier alpha value is -1.51. The minimum atomic E-state index is 0.381. The fourth-order valence-electron chi connectivity index (χ4n) is 1.80. The number of nitrogens with zero attached hydrogens (tertiary/aromatic N) is 3. The van der Waals surface area contributed by atoms with Gasteiger partial charge in [0.2, 0.25) is 0 Å². The molecule has 0 aliphatic heterocycles. The molecule has 2 rings (SSSR count). The van der Waals surface area contributed by atoms with E-state index in [1.165, 1.54) is 0 Å². The third-order valence-corrected chi connectivity index (χ3v) is 4.17. The zero-order valence-electron chi connectivity index (χ0n) is 11.2. The molecule has 0 amide bonds. The van der Waals surface area contributed by atoms with Crippen LogP contribution in [0.25, 0.3) is 0 Å². The standard InChI is InChI=1S/C14H13BrClN3O/c1-3-12-14(15)13(19(2)18-12)8-20-10-5-4-9(7-17)11(16)6-10/h4-6H,3,8H2,1-2H3. The molecular formula is C14H13BrClN3O. The molecule has 1 aromatic carbocycles. The molecule has 0 atom stereocenters. The van der Waals surface area contributed by atoms with Gasteiger partial charge in [0.15, 0.2) is 0 Å². The van der Waals surface area contributed by atoms with Gasteiger partial charge in [-0.15, -0.1) is 0 Å². The van der Waals surface area contributed by atoms with E-state index in [2.05, 4.69) is 28.0 Å². The average molecular weight is 355 g/mol. The van der Waals surface area contributed by atoms with Crippen LogP contribution in [0.15, 0.2) is 22.7 Å². The first-order valence-electron chi connectivity index (χ1n) is 6.09. The second-order valence-electron chi connectivity index (χ2n) is 4.23. The van der Waals surface area contributed by atoms with Crippen molar-refractivity contribution in [2.24, 2.45) is 7.05 Å². The van der Waals surface area contributed by atoms with Crippen molar-refractivity contribution in [1.29, 1.82) is 5.26 Å². The fourth-order valence-corrected chi connectivity index (χ4v) is 2.75. The van der Waals surface area contributed by atoms with Gasteiger partial charge in [-0.3, -0.25) is 4.68 Å². The number of benzene rings is 1. The third-order valence-electron chi connectivity index (χ3n) is 2.94. The lowest BCUT2D eigenvalue weighted by Crippen LogP contribution is -2.03. The van der Waals surface area contributed by atoms with Crippen LogP contribution in [0.5, 0.6) is 5.75 Å². The van der Waals surface area contributed by atoms with Gasteiger partial charge in [-0.25, -0.2) is 0 Å². The van der Waals surface area contributed by atoms with Gasteiger partial charge in [0, 0.05) is 13.1 Å². The molecule has 0 aliphatic rings. The number of hydrogen-bond acceptors (Lipinski definition) is 3. The smallest absolute Gasteiger partial charge is 0.131 e. The van der Waals surface area contributed by atoms with E-state index in [9.17, 15) is 0 Å². The highest BCUT2D eigenvalue weighted by atomic mass is 79.9. The molecule has 1 aromatic heterocycles. The molecule has 0 fully saturated rings. The molecule has 0 saturated heterocycles. The number of nitriles is 1. The molecule has 0 radical (unpaired) electrons. The van der Waals surface area contributed by atoms with Crippen LogP contribution < -0.4 is 4.74 Å². The fraction of sp³-hybridized carbons (Fsp3) is 0.286. The van der Waals surface area contributed by atoms with Crippen LogP contribution >= 0.6 is 27.5 Å². The van der Waals surface area contributed by atoms with E-state index >= 15 is 0 Å². The van der Waals surface area contributed by atoms with Crippen molar-refractivity contribution in [3.05, 3.63) is 44.6 Å². The molecule has 2 aromatic rings. The lowest BCUT2D eigenvalue weighted by Gasteiger charge is -2.08. The van der Waals surface area contributed by atoms with Gasteiger partial charge in [0.05, 0.1) is 26.4 Å². The number of halogens is 2. The van der Waals surface area contributed by atoms with Crippen LogP contribution in [-0.4, -0.2) is 9.78 Å². The van der Waals surface area contributed by atoms with E-state index in [1.807, 2.05) is 13.1 Å². The van der Waals surface area contributed by atoms with E-state index < -0.39 is 0 Å². The summed E-state index contributed by atoms with van der Waals surface area (Å²) in [5.41, 5.74) is 2.40. The first kappa shape index (κ1) is 14.9. The zero-order chi connectivity index (χ0) is 14.7. The molecule has 0 unspecified atom stereocenters. The summed E-state index contributed by atoms with van der Waals surface area (Å²) in [5, 5.41) is 13.6. The second kappa shape index (κ2) is 6.29. The normalized spacial score (nSPS) is 10.3. The van der Waals surface area contributed by atoms with Crippen LogP contribution in [0.2, 0.25) is 5.02 Å². The molecule has 0 N–H and O–H groups in total. The number of aryl methyl sites for hydroxylation is 2. The van der Waals surface area contributed by atoms with Gasteiger partial charge in [0.1, 0.15) is 18.4 Å². The van der Waals surface area contributed by atoms with Crippen LogP contribution in [0.4, 0.5) is 0 Å². The Bertz CT molecular complexity index is 676. The molecule has 104 valence electrons. The van der Waals surface area contributed by atoms with Crippen molar-refractivity contribution in [3.63, 3.8) is 0 Å². The van der Waals surface area contributed by atoms with Crippen LogP contribution in [-0.2, 0) is 20.1 Å². The van der Waals surface area contributed by atoms with E-state index in [4.69, 9.17) is 21.6 Å². The highest BCUT2D eigenvalue weighted by Gasteiger charge is 2.13. The number of aromatic nitrogens is 2. The summed E-state index contributed by atoms with van der Waals surface area (Å²) in [6.45, 7) is 2.43. The summed E-state index contributed by atoms with van der Waals surface area (Å²) in [7, 11) is 1.88. The molecule has 6 heteroatoms. The van der Waals surface area contributed by atoms with E-state index in [1.54, 1.807) is 22.9 Å². The van der Waals surface area contributed by atoms with Crippen molar-refractivity contribution in [2.75, 3.05) is 0 Å². The number of hydrogen-bond donors (Lipinski definition) is 0. The lowest BCUT2D eigenvalue weighted by molar-refractivity contribution is 0.294. The molecule has 0 saturated carbocycles. The predicted octanol–water partition coefficient (Wildman–Crippen LogP) is 3.85. The van der Waals surface area contributed by atoms with Crippen molar-refractivity contribution < 1.29 is 4.74 Å². The van der Waals surface area contributed by atoms with Crippen molar-refractivity contribution in [1.82, 2.24) is 9.78 Å². The Morgan fingerprint density at radius 1 is 1.50 bits per heavy atom. The highest BCUT2D eigenvalue weighted by Crippen LogP contribution is 2.25. The third kappa shape index (κ3) is 2.97. The first-order chi connectivity index (χ1) is 9.56. The van der Waals surface area contributed by atoms with E-state index in [0.29, 0.717) is 22.9 Å². The monoisotopic (exact) mass is 353 g/mol.